The first-order valence-electron chi connectivity index (χ1n) is 9.62. The normalized spacial score (nSPS) is 11.3. The topological polar surface area (TPSA) is 121 Å². The first-order chi connectivity index (χ1) is 14.3. The molecule has 0 radical (unpaired) electrons. The standard InChI is InChI=1S/C22H25N3O5/c1-5-29-17-8-6-16(7-9-17)25-21(27)15(4)30-20(26)11-10-18-13(2)19(12-23)22(28)24-14(18)3/h6-9,15H,5,10-11H2,1-4H3,(H,24,28)(H,25,27)/t15-/m1/s1. The van der Waals surface area contributed by atoms with Crippen molar-refractivity contribution >= 4 is 17.6 Å². The van der Waals surface area contributed by atoms with E-state index in [1.807, 2.05) is 13.0 Å². The van der Waals surface area contributed by atoms with Crippen LogP contribution in [-0.2, 0) is 20.7 Å². The van der Waals surface area contributed by atoms with Gasteiger partial charge in [-0.05, 0) is 69.5 Å². The SMILES string of the molecule is CCOc1ccc(NC(=O)[C@@H](C)OC(=O)CCc2c(C)[nH]c(=O)c(C#N)c2C)cc1. The van der Waals surface area contributed by atoms with Crippen LogP contribution in [0.3, 0.4) is 0 Å². The number of aryl methyl sites for hydroxylation is 1. The Morgan fingerprint density at radius 3 is 2.50 bits per heavy atom. The number of aromatic nitrogens is 1. The van der Waals surface area contributed by atoms with Crippen molar-refractivity contribution in [3.8, 4) is 11.8 Å². The zero-order valence-electron chi connectivity index (χ0n) is 17.5. The third-order valence-corrected chi connectivity index (χ3v) is 4.61. The number of ether oxygens (including phenoxy) is 2. The van der Waals surface area contributed by atoms with Crippen molar-refractivity contribution in [2.45, 2.75) is 46.6 Å². The molecule has 2 N–H and O–H groups in total. The van der Waals surface area contributed by atoms with Crippen LogP contribution in [-0.4, -0.2) is 29.6 Å². The lowest BCUT2D eigenvalue weighted by molar-refractivity contribution is -0.153. The van der Waals surface area contributed by atoms with E-state index < -0.39 is 23.5 Å². The molecule has 8 nitrogen and oxygen atoms in total. The predicted octanol–water partition coefficient (Wildman–Crippen LogP) is 2.77. The fourth-order valence-electron chi connectivity index (χ4n) is 3.00. The first-order valence-corrected chi connectivity index (χ1v) is 9.62. The minimum atomic E-state index is -0.975. The summed E-state index contributed by atoms with van der Waals surface area (Å²) in [6.45, 7) is 7.31. The smallest absolute Gasteiger partial charge is 0.306 e. The van der Waals surface area contributed by atoms with E-state index in [1.165, 1.54) is 6.92 Å². The Kier molecular flexibility index (Phi) is 7.76. The predicted molar refractivity (Wildman–Crippen MR) is 111 cm³/mol. The Bertz CT molecular complexity index is 1020. The summed E-state index contributed by atoms with van der Waals surface area (Å²) in [6, 6.07) is 8.75. The number of nitrogens with zero attached hydrogens (tertiary/aromatic N) is 1. The molecular weight excluding hydrogens is 386 g/mol. The van der Waals surface area contributed by atoms with Crippen LogP contribution >= 0.6 is 0 Å². The number of nitrogens with one attached hydrogen (secondary N) is 2. The summed E-state index contributed by atoms with van der Waals surface area (Å²) >= 11 is 0. The van der Waals surface area contributed by atoms with Crippen LogP contribution in [0.5, 0.6) is 5.75 Å². The second kappa shape index (κ2) is 10.3. The summed E-state index contributed by atoms with van der Waals surface area (Å²) in [6.07, 6.45) is -0.675. The molecule has 2 rings (SSSR count). The molecule has 0 saturated heterocycles. The van der Waals surface area contributed by atoms with Crippen LogP contribution < -0.4 is 15.6 Å². The minimum Gasteiger partial charge on any atom is -0.494 e. The number of aromatic amines is 1. The molecule has 1 amide bonds. The Morgan fingerprint density at radius 1 is 1.23 bits per heavy atom. The van der Waals surface area contributed by atoms with E-state index in [1.54, 1.807) is 38.1 Å². The third-order valence-electron chi connectivity index (χ3n) is 4.61. The van der Waals surface area contributed by atoms with Crippen LogP contribution in [0, 0.1) is 25.2 Å². The van der Waals surface area contributed by atoms with Crippen LogP contribution in [0.2, 0.25) is 0 Å². The van der Waals surface area contributed by atoms with E-state index in [2.05, 4.69) is 10.3 Å². The molecule has 0 bridgehead atoms. The van der Waals surface area contributed by atoms with Gasteiger partial charge in [0.2, 0.25) is 0 Å². The van der Waals surface area contributed by atoms with Crippen LogP contribution in [0.25, 0.3) is 0 Å². The fourth-order valence-corrected chi connectivity index (χ4v) is 3.00. The second-order valence-corrected chi connectivity index (χ2v) is 6.75. The highest BCUT2D eigenvalue weighted by atomic mass is 16.5. The third kappa shape index (κ3) is 5.70. The molecule has 1 heterocycles. The van der Waals surface area contributed by atoms with Gasteiger partial charge in [0.05, 0.1) is 6.61 Å². The number of H-pyrrole nitrogens is 1. The Balaban J connectivity index is 1.92. The zero-order valence-corrected chi connectivity index (χ0v) is 17.5. The number of carbonyl (C=O) groups excluding carboxylic acids is 2. The van der Waals surface area contributed by atoms with Gasteiger partial charge in [-0.15, -0.1) is 0 Å². The lowest BCUT2D eigenvalue weighted by Gasteiger charge is -2.15. The van der Waals surface area contributed by atoms with Gasteiger partial charge in [-0.25, -0.2) is 0 Å². The molecule has 0 aliphatic heterocycles. The molecule has 2 aromatic rings. The lowest BCUT2D eigenvalue weighted by Crippen LogP contribution is -2.30. The van der Waals surface area contributed by atoms with Crippen molar-refractivity contribution in [1.82, 2.24) is 4.98 Å². The van der Waals surface area contributed by atoms with Crippen LogP contribution in [0.4, 0.5) is 5.69 Å². The Morgan fingerprint density at radius 2 is 1.90 bits per heavy atom. The number of benzene rings is 1. The monoisotopic (exact) mass is 411 g/mol. The molecule has 0 saturated carbocycles. The molecule has 8 heteroatoms. The van der Waals surface area contributed by atoms with Gasteiger partial charge in [0, 0.05) is 17.8 Å². The highest BCUT2D eigenvalue weighted by molar-refractivity contribution is 5.95. The van der Waals surface area contributed by atoms with E-state index in [0.29, 0.717) is 29.3 Å². The fraction of sp³-hybridized carbons (Fsp3) is 0.364. The highest BCUT2D eigenvalue weighted by Gasteiger charge is 2.19. The number of carbonyl (C=O) groups is 2. The number of anilines is 1. The Hall–Kier alpha value is -3.60. The van der Waals surface area contributed by atoms with Gasteiger partial charge in [0.1, 0.15) is 17.4 Å². The summed E-state index contributed by atoms with van der Waals surface area (Å²) in [4.78, 5) is 38.9. The highest BCUT2D eigenvalue weighted by Crippen LogP contribution is 2.17. The van der Waals surface area contributed by atoms with Gasteiger partial charge in [0.15, 0.2) is 6.10 Å². The number of pyridine rings is 1. The van der Waals surface area contributed by atoms with Crippen molar-refractivity contribution in [2.24, 2.45) is 0 Å². The average molecular weight is 411 g/mol. The minimum absolute atomic E-state index is 0.0132. The molecule has 0 spiro atoms. The quantitative estimate of drug-likeness (QED) is 0.644. The summed E-state index contributed by atoms with van der Waals surface area (Å²) in [5.41, 5.74) is 2.02. The molecule has 1 aromatic carbocycles. The maximum atomic E-state index is 12.3. The first kappa shape index (κ1) is 22.7. The molecule has 0 aliphatic carbocycles. The molecule has 0 unspecified atom stereocenters. The van der Waals surface area contributed by atoms with E-state index in [9.17, 15) is 14.4 Å². The molecule has 1 atom stereocenters. The summed E-state index contributed by atoms with van der Waals surface area (Å²) < 4.78 is 10.6. The van der Waals surface area contributed by atoms with Crippen molar-refractivity contribution in [3.05, 3.63) is 57.0 Å². The van der Waals surface area contributed by atoms with Gasteiger partial charge in [0.25, 0.3) is 11.5 Å². The van der Waals surface area contributed by atoms with E-state index in [0.717, 1.165) is 5.56 Å². The average Bonchev–Trinajstić information content (AvgIpc) is 2.69. The maximum absolute atomic E-state index is 12.3. The second-order valence-electron chi connectivity index (χ2n) is 6.75. The lowest BCUT2D eigenvalue weighted by atomic mass is 9.99. The van der Waals surface area contributed by atoms with Gasteiger partial charge in [-0.1, -0.05) is 0 Å². The van der Waals surface area contributed by atoms with E-state index in [-0.39, 0.29) is 18.4 Å². The Labute approximate surface area is 174 Å². The maximum Gasteiger partial charge on any atom is 0.306 e. The van der Waals surface area contributed by atoms with Crippen LogP contribution in [0.1, 0.15) is 42.7 Å². The van der Waals surface area contributed by atoms with Gasteiger partial charge >= 0.3 is 5.97 Å². The number of hydrogen-bond acceptors (Lipinski definition) is 6. The van der Waals surface area contributed by atoms with Gasteiger partial charge in [-0.2, -0.15) is 5.26 Å². The number of esters is 1. The number of nitriles is 1. The number of amides is 1. The van der Waals surface area contributed by atoms with Crippen LogP contribution in [0.15, 0.2) is 29.1 Å². The molecule has 30 heavy (non-hydrogen) atoms. The van der Waals surface area contributed by atoms with Crippen molar-refractivity contribution < 1.29 is 19.1 Å². The molecule has 0 aliphatic rings. The number of rotatable bonds is 8. The van der Waals surface area contributed by atoms with Crippen molar-refractivity contribution in [2.75, 3.05) is 11.9 Å². The summed E-state index contributed by atoms with van der Waals surface area (Å²) in [5, 5.41) is 11.8. The molecule has 0 fully saturated rings. The summed E-state index contributed by atoms with van der Waals surface area (Å²) in [7, 11) is 0. The van der Waals surface area contributed by atoms with Crippen molar-refractivity contribution in [3.63, 3.8) is 0 Å². The molecular formula is C22H25N3O5. The molecule has 158 valence electrons. The van der Waals surface area contributed by atoms with Gasteiger partial charge < -0.3 is 19.8 Å². The van der Waals surface area contributed by atoms with Gasteiger partial charge in [-0.3, -0.25) is 14.4 Å². The zero-order chi connectivity index (χ0) is 22.3. The largest absolute Gasteiger partial charge is 0.494 e. The number of hydrogen-bond donors (Lipinski definition) is 2. The molecule has 1 aromatic heterocycles. The van der Waals surface area contributed by atoms with E-state index >= 15 is 0 Å². The summed E-state index contributed by atoms with van der Waals surface area (Å²) in [5.74, 6) is -0.300. The van der Waals surface area contributed by atoms with E-state index in [4.69, 9.17) is 14.7 Å². The van der Waals surface area contributed by atoms with Crippen molar-refractivity contribution in [1.29, 1.82) is 5.26 Å².